The molecular weight excluding hydrogens is 531 g/mol. The van der Waals surface area contributed by atoms with Crippen molar-refractivity contribution in [2.24, 2.45) is 5.41 Å². The Morgan fingerprint density at radius 3 is 2.31 bits per heavy atom. The first-order valence-electron chi connectivity index (χ1n) is 15.1. The quantitative estimate of drug-likeness (QED) is 0.281. The summed E-state index contributed by atoms with van der Waals surface area (Å²) in [7, 11) is 0. The molecule has 1 aliphatic carbocycles. The molecule has 2 heterocycles. The van der Waals surface area contributed by atoms with Crippen molar-refractivity contribution in [3.8, 4) is 16.9 Å². The zero-order chi connectivity index (χ0) is 30.1. The Hall–Kier alpha value is -3.45. The molecule has 7 heteroatoms. The van der Waals surface area contributed by atoms with Gasteiger partial charge in [-0.25, -0.2) is 9.18 Å². The molecule has 3 aromatic rings. The first kappa shape index (κ1) is 30.0. The van der Waals surface area contributed by atoms with Crippen LogP contribution in [0.15, 0.2) is 48.5 Å². The molecule has 1 atom stereocenters. The number of hydrogen-bond donors (Lipinski definition) is 1. The van der Waals surface area contributed by atoms with Crippen LogP contribution < -0.4 is 9.64 Å². The number of pyridine rings is 1. The Labute approximate surface area is 248 Å². The molecule has 1 N–H and O–H groups in total. The minimum absolute atomic E-state index is 0.245. The molecule has 2 aromatic carbocycles. The van der Waals surface area contributed by atoms with E-state index in [4.69, 9.17) is 14.5 Å². The van der Waals surface area contributed by atoms with E-state index in [0.717, 1.165) is 53.3 Å². The van der Waals surface area contributed by atoms with Crippen LogP contribution in [0.2, 0.25) is 0 Å². The molecule has 6 nitrogen and oxygen atoms in total. The zero-order valence-corrected chi connectivity index (χ0v) is 25.5. The van der Waals surface area contributed by atoms with E-state index in [1.807, 2.05) is 58.9 Å². The summed E-state index contributed by atoms with van der Waals surface area (Å²) in [6.07, 6.45) is 5.62. The highest BCUT2D eigenvalue weighted by atomic mass is 19.1. The van der Waals surface area contributed by atoms with Gasteiger partial charge in [0.25, 0.3) is 0 Å². The highest BCUT2D eigenvalue weighted by Gasteiger charge is 2.43. The van der Waals surface area contributed by atoms with E-state index in [2.05, 4.69) is 4.90 Å². The first-order chi connectivity index (χ1) is 19.9. The second-order valence-electron chi connectivity index (χ2n) is 13.0. The number of benzene rings is 2. The number of hydrogen-bond acceptors (Lipinski definition) is 5. The predicted octanol–water partition coefficient (Wildman–Crippen LogP) is 7.84. The zero-order valence-electron chi connectivity index (χ0n) is 25.5. The Balaban J connectivity index is 1.51. The fraction of sp³-hybridized carbons (Fsp3) is 0.486. The minimum Gasteiger partial charge on any atom is -0.493 e. The molecule has 1 unspecified atom stereocenters. The van der Waals surface area contributed by atoms with E-state index in [0.29, 0.717) is 29.7 Å². The summed E-state index contributed by atoms with van der Waals surface area (Å²) in [4.78, 5) is 20.0. The number of ether oxygens (including phenoxy) is 2. The van der Waals surface area contributed by atoms with E-state index >= 15 is 0 Å². The molecule has 1 saturated heterocycles. The molecule has 1 saturated carbocycles. The second kappa shape index (κ2) is 12.0. The number of nitrogens with zero attached hydrogens (tertiary/aromatic N) is 2. The van der Waals surface area contributed by atoms with Crippen LogP contribution in [-0.4, -0.2) is 41.4 Å². The van der Waals surface area contributed by atoms with Crippen LogP contribution in [0.25, 0.3) is 11.1 Å². The van der Waals surface area contributed by atoms with Crippen LogP contribution in [0.5, 0.6) is 5.75 Å². The normalized spacial score (nSPS) is 17.1. The van der Waals surface area contributed by atoms with Gasteiger partial charge in [0.2, 0.25) is 0 Å². The van der Waals surface area contributed by atoms with E-state index in [1.54, 1.807) is 12.1 Å². The molecule has 1 spiro atoms. The van der Waals surface area contributed by atoms with Crippen molar-refractivity contribution in [2.75, 3.05) is 24.6 Å². The van der Waals surface area contributed by atoms with E-state index in [1.165, 1.54) is 37.8 Å². The number of rotatable bonds is 9. The molecule has 0 bridgehead atoms. The number of carboxylic acids is 1. The van der Waals surface area contributed by atoms with Gasteiger partial charge in [-0.2, -0.15) is 0 Å². The van der Waals surface area contributed by atoms with E-state index in [-0.39, 0.29) is 5.82 Å². The largest absolute Gasteiger partial charge is 0.493 e. The minimum atomic E-state index is -1.14. The van der Waals surface area contributed by atoms with Gasteiger partial charge in [0, 0.05) is 42.0 Å². The molecular formula is C35H43FN2O4. The third kappa shape index (κ3) is 6.62. The maximum atomic E-state index is 13.2. The fourth-order valence-electron chi connectivity index (χ4n) is 6.73. The Morgan fingerprint density at radius 2 is 1.69 bits per heavy atom. The van der Waals surface area contributed by atoms with Crippen LogP contribution >= 0.6 is 0 Å². The summed E-state index contributed by atoms with van der Waals surface area (Å²) < 4.78 is 25.4. The number of aryl methyl sites for hydroxylation is 2. The van der Waals surface area contributed by atoms with Crippen LogP contribution in [0, 0.1) is 25.1 Å². The summed E-state index contributed by atoms with van der Waals surface area (Å²) >= 11 is 0. The van der Waals surface area contributed by atoms with Gasteiger partial charge < -0.3 is 19.5 Å². The number of anilines is 1. The molecule has 42 heavy (non-hydrogen) atoms. The van der Waals surface area contributed by atoms with Crippen molar-refractivity contribution in [1.29, 1.82) is 0 Å². The third-order valence-corrected chi connectivity index (χ3v) is 8.67. The Morgan fingerprint density at radius 1 is 1.02 bits per heavy atom. The Bertz CT molecular complexity index is 1410. The third-order valence-electron chi connectivity index (χ3n) is 8.67. The number of carbonyl (C=O) groups is 1. The van der Waals surface area contributed by atoms with Gasteiger partial charge in [0.1, 0.15) is 11.6 Å². The first-order valence-corrected chi connectivity index (χ1v) is 15.1. The lowest BCUT2D eigenvalue weighted by Gasteiger charge is -2.33. The van der Waals surface area contributed by atoms with Crippen molar-refractivity contribution >= 4 is 11.7 Å². The average Bonchev–Trinajstić information content (AvgIpc) is 3.57. The molecule has 0 radical (unpaired) electrons. The van der Waals surface area contributed by atoms with Gasteiger partial charge >= 0.3 is 5.97 Å². The van der Waals surface area contributed by atoms with Crippen molar-refractivity contribution in [3.63, 3.8) is 0 Å². The lowest BCUT2D eigenvalue weighted by atomic mass is 9.85. The summed E-state index contributed by atoms with van der Waals surface area (Å²) in [5.74, 6) is -0.512. The van der Waals surface area contributed by atoms with Crippen LogP contribution in [0.4, 0.5) is 10.1 Å². The number of aliphatic carboxylic acids is 1. The second-order valence-corrected chi connectivity index (χ2v) is 13.0. The molecule has 0 amide bonds. The van der Waals surface area contributed by atoms with Crippen molar-refractivity contribution < 1.29 is 23.8 Å². The smallest absolute Gasteiger partial charge is 0.337 e. The number of halogens is 1. The van der Waals surface area contributed by atoms with Gasteiger partial charge in [-0.15, -0.1) is 0 Å². The van der Waals surface area contributed by atoms with Crippen molar-refractivity contribution in [3.05, 3.63) is 76.9 Å². The monoisotopic (exact) mass is 574 g/mol. The van der Waals surface area contributed by atoms with E-state index < -0.39 is 17.7 Å². The standard InChI is InChI=1S/C35H43FN2O4/c1-23-29(26-10-14-28(15-11-26)41-21-16-25-8-12-27(36)13-9-25)31(38-20-19-35(22-38)17-6-7-18-35)30(24(2)37-23)32(33(39)40)42-34(3,4)5/h8-15,32H,6-7,16-22H2,1-5H3,(H,39,40). The molecule has 2 aliphatic rings. The van der Waals surface area contributed by atoms with Crippen LogP contribution in [0.3, 0.4) is 0 Å². The maximum Gasteiger partial charge on any atom is 0.337 e. The summed E-state index contributed by atoms with van der Waals surface area (Å²) in [5, 5.41) is 10.4. The van der Waals surface area contributed by atoms with Gasteiger partial charge in [0.05, 0.1) is 17.9 Å². The van der Waals surface area contributed by atoms with Crippen LogP contribution in [-0.2, 0) is 16.0 Å². The molecule has 1 aromatic heterocycles. The SMILES string of the molecule is Cc1nc(C)c(C(OC(C)(C)C)C(=O)O)c(N2CCC3(CCCC3)C2)c1-c1ccc(OCCc2ccc(F)cc2)cc1. The summed E-state index contributed by atoms with van der Waals surface area (Å²) in [6.45, 7) is 11.8. The van der Waals surface area contributed by atoms with Crippen molar-refractivity contribution in [2.45, 2.75) is 84.8 Å². The average molecular weight is 575 g/mol. The number of aromatic nitrogens is 1. The van der Waals surface area contributed by atoms with Crippen LogP contribution in [0.1, 0.15) is 81.5 Å². The maximum absolute atomic E-state index is 13.2. The topological polar surface area (TPSA) is 71.9 Å². The summed E-state index contributed by atoms with van der Waals surface area (Å²) in [5.41, 5.74) is 5.72. The predicted molar refractivity (Wildman–Crippen MR) is 164 cm³/mol. The molecule has 5 rings (SSSR count). The Kier molecular flexibility index (Phi) is 8.61. The van der Waals surface area contributed by atoms with Gasteiger partial charge in [-0.3, -0.25) is 4.98 Å². The van der Waals surface area contributed by atoms with E-state index in [9.17, 15) is 14.3 Å². The van der Waals surface area contributed by atoms with Crippen molar-refractivity contribution in [1.82, 2.24) is 4.98 Å². The number of carboxylic acid groups (broad SMARTS) is 1. The van der Waals surface area contributed by atoms with Gasteiger partial charge in [-0.05, 0) is 94.7 Å². The lowest BCUT2D eigenvalue weighted by Crippen LogP contribution is -2.32. The lowest BCUT2D eigenvalue weighted by molar-refractivity contribution is -0.160. The molecule has 1 aliphatic heterocycles. The molecule has 2 fully saturated rings. The molecule has 224 valence electrons. The summed E-state index contributed by atoms with van der Waals surface area (Å²) in [6, 6.07) is 14.4. The van der Waals surface area contributed by atoms with Gasteiger partial charge in [-0.1, -0.05) is 37.1 Å². The van der Waals surface area contributed by atoms with Gasteiger partial charge in [0.15, 0.2) is 6.10 Å². The fourth-order valence-corrected chi connectivity index (χ4v) is 6.73. The highest BCUT2D eigenvalue weighted by Crippen LogP contribution is 2.50. The highest BCUT2D eigenvalue weighted by molar-refractivity contribution is 5.88.